The van der Waals surface area contributed by atoms with Crippen molar-refractivity contribution in [2.45, 2.75) is 99.5 Å². The Labute approximate surface area is 239 Å². The molecule has 1 aromatic carbocycles. The highest BCUT2D eigenvalue weighted by atomic mass is 16.3. The number of nitriles is 1. The van der Waals surface area contributed by atoms with Crippen molar-refractivity contribution in [1.82, 2.24) is 9.47 Å². The summed E-state index contributed by atoms with van der Waals surface area (Å²) in [4.78, 5) is 28.2. The molecular weight excluding hydrogens is 502 g/mol. The van der Waals surface area contributed by atoms with Crippen LogP contribution in [0.2, 0.25) is 0 Å². The van der Waals surface area contributed by atoms with Gasteiger partial charge in [0.15, 0.2) is 5.69 Å². The van der Waals surface area contributed by atoms with Crippen molar-refractivity contribution >= 4 is 17.3 Å². The Bertz CT molecular complexity index is 1210. The summed E-state index contributed by atoms with van der Waals surface area (Å²) in [7, 11) is 0. The van der Waals surface area contributed by atoms with Crippen LogP contribution < -0.4 is 5.56 Å². The number of nitrogens with zero attached hydrogens (tertiary/aromatic N) is 5. The van der Waals surface area contributed by atoms with Gasteiger partial charge in [0, 0.05) is 30.8 Å². The number of azo groups is 1. The van der Waals surface area contributed by atoms with E-state index in [0.717, 1.165) is 56.2 Å². The maximum Gasteiger partial charge on any atom is 0.271 e. The molecule has 0 bridgehead atoms. The number of unbranched alkanes of at least 4 members (excludes halogenated alkanes) is 2. The number of rotatable bonds is 16. The quantitative estimate of drug-likeness (QED) is 0.213. The van der Waals surface area contributed by atoms with E-state index in [1.807, 2.05) is 6.07 Å². The third kappa shape index (κ3) is 8.51. The number of hydrogen-bond acceptors (Lipinski definition) is 6. The van der Waals surface area contributed by atoms with Gasteiger partial charge >= 0.3 is 0 Å². The molecule has 8 heteroatoms. The van der Waals surface area contributed by atoms with Crippen molar-refractivity contribution in [3.05, 3.63) is 51.3 Å². The number of amides is 1. The molecule has 0 saturated carbocycles. The second-order valence-corrected chi connectivity index (χ2v) is 10.6. The smallest absolute Gasteiger partial charge is 0.271 e. The minimum atomic E-state index is -0.550. The predicted molar refractivity (Wildman–Crippen MR) is 161 cm³/mol. The van der Waals surface area contributed by atoms with Gasteiger partial charge in [-0.2, -0.15) is 10.4 Å². The normalized spacial score (nSPS) is 12.8. The molecule has 0 aliphatic rings. The van der Waals surface area contributed by atoms with Crippen LogP contribution in [0.3, 0.4) is 0 Å². The monoisotopic (exact) mass is 549 g/mol. The molecule has 0 aliphatic heterocycles. The fourth-order valence-corrected chi connectivity index (χ4v) is 5.01. The summed E-state index contributed by atoms with van der Waals surface area (Å²) in [5, 5.41) is 28.4. The van der Waals surface area contributed by atoms with Crippen molar-refractivity contribution in [2.24, 2.45) is 22.1 Å². The largest absolute Gasteiger partial charge is 0.493 e. The molecule has 0 saturated heterocycles. The maximum absolute atomic E-state index is 13.7. The van der Waals surface area contributed by atoms with E-state index >= 15 is 0 Å². The molecule has 1 amide bonds. The van der Waals surface area contributed by atoms with Crippen LogP contribution in [0.1, 0.15) is 107 Å². The van der Waals surface area contributed by atoms with Crippen LogP contribution in [-0.4, -0.2) is 33.6 Å². The van der Waals surface area contributed by atoms with Gasteiger partial charge in [-0.25, -0.2) is 0 Å². The first-order chi connectivity index (χ1) is 19.3. The number of hydrogen-bond donors (Lipinski definition) is 1. The molecule has 2 unspecified atom stereocenters. The van der Waals surface area contributed by atoms with Crippen molar-refractivity contribution in [1.29, 1.82) is 5.26 Å². The van der Waals surface area contributed by atoms with Crippen molar-refractivity contribution in [3.8, 4) is 11.9 Å². The third-order valence-electron chi connectivity index (χ3n) is 7.80. The Morgan fingerprint density at radius 3 is 1.98 bits per heavy atom. The summed E-state index contributed by atoms with van der Waals surface area (Å²) in [5.41, 5.74) is 0.857. The molecule has 1 N–H and O–H groups in total. The topological polar surface area (TPSA) is 111 Å². The van der Waals surface area contributed by atoms with Gasteiger partial charge in [0.2, 0.25) is 5.88 Å². The van der Waals surface area contributed by atoms with E-state index in [9.17, 15) is 20.0 Å². The summed E-state index contributed by atoms with van der Waals surface area (Å²) >= 11 is 0. The summed E-state index contributed by atoms with van der Waals surface area (Å²) in [5.74, 6) is 0.690. The Hall–Kier alpha value is -3.47. The molecule has 218 valence electrons. The second kappa shape index (κ2) is 16.6. The fourth-order valence-electron chi connectivity index (χ4n) is 5.01. The Morgan fingerprint density at radius 2 is 1.52 bits per heavy atom. The van der Waals surface area contributed by atoms with Crippen LogP contribution in [0.4, 0.5) is 11.4 Å². The zero-order valence-electron chi connectivity index (χ0n) is 25.2. The van der Waals surface area contributed by atoms with Gasteiger partial charge in [0.1, 0.15) is 11.6 Å². The fraction of sp³-hybridized carbons (Fsp3) is 0.594. The van der Waals surface area contributed by atoms with Crippen molar-refractivity contribution in [2.75, 3.05) is 13.1 Å². The lowest BCUT2D eigenvalue weighted by molar-refractivity contribution is 0.0685. The first-order valence-corrected chi connectivity index (χ1v) is 14.9. The van der Waals surface area contributed by atoms with Gasteiger partial charge in [0.05, 0.1) is 5.69 Å². The van der Waals surface area contributed by atoms with E-state index in [1.165, 1.54) is 12.8 Å². The summed E-state index contributed by atoms with van der Waals surface area (Å²) < 4.78 is 1.10. The molecule has 2 aromatic rings. The summed E-state index contributed by atoms with van der Waals surface area (Å²) in [6.45, 7) is 13.8. The van der Waals surface area contributed by atoms with E-state index in [2.05, 4.69) is 42.8 Å². The van der Waals surface area contributed by atoms with Gasteiger partial charge in [-0.05, 0) is 62.8 Å². The number of pyridine rings is 1. The first-order valence-electron chi connectivity index (χ1n) is 14.9. The number of aromatic nitrogens is 1. The zero-order valence-corrected chi connectivity index (χ0v) is 25.2. The zero-order chi connectivity index (χ0) is 29.7. The highest BCUT2D eigenvalue weighted by molar-refractivity contribution is 5.94. The van der Waals surface area contributed by atoms with Crippen LogP contribution in [0.5, 0.6) is 5.88 Å². The van der Waals surface area contributed by atoms with Crippen molar-refractivity contribution < 1.29 is 9.90 Å². The highest BCUT2D eigenvalue weighted by Crippen LogP contribution is 2.32. The molecule has 1 heterocycles. The van der Waals surface area contributed by atoms with Crippen LogP contribution in [0.25, 0.3) is 0 Å². The lowest BCUT2D eigenvalue weighted by Gasteiger charge is -2.31. The number of carbonyl (C=O) groups excluding carboxylic acids is 1. The molecule has 1 aromatic heterocycles. The van der Waals surface area contributed by atoms with E-state index in [4.69, 9.17) is 0 Å². The molecular formula is C32H47N5O3. The SMILES string of the molecule is CCCCC(CC)CN(CC(CC)CCCC)C(=O)c1ccc(/N=N/c2c(C)c(C#N)c(=O)n(CC)c2O)cc1. The van der Waals surface area contributed by atoms with Gasteiger partial charge in [-0.15, -0.1) is 5.11 Å². The Balaban J connectivity index is 2.32. The standard InChI is InChI=1S/C32H47N5O3/c1-7-12-14-24(9-3)21-36(22-25(10-4)15-13-8-2)30(38)26-16-18-27(19-17-26)34-35-29-23(6)28(20-33)31(39)37(11-5)32(29)40/h16-19,24-25,40H,7-15,21-22H2,1-6H3/b35-34+. The molecule has 0 fully saturated rings. The molecule has 2 atom stereocenters. The minimum absolute atomic E-state index is 0.0376. The van der Waals surface area contributed by atoms with E-state index in [1.54, 1.807) is 38.1 Å². The van der Waals surface area contributed by atoms with Crippen LogP contribution in [-0.2, 0) is 6.54 Å². The van der Waals surface area contributed by atoms with Gasteiger partial charge in [-0.3, -0.25) is 14.2 Å². The molecule has 0 spiro atoms. The Morgan fingerprint density at radius 1 is 0.975 bits per heavy atom. The van der Waals surface area contributed by atoms with Crippen molar-refractivity contribution in [3.63, 3.8) is 0 Å². The lowest BCUT2D eigenvalue weighted by Crippen LogP contribution is -2.39. The highest BCUT2D eigenvalue weighted by Gasteiger charge is 2.23. The van der Waals surface area contributed by atoms with Crippen LogP contribution in [0.15, 0.2) is 39.3 Å². The van der Waals surface area contributed by atoms with E-state index in [0.29, 0.717) is 23.1 Å². The average molecular weight is 550 g/mol. The maximum atomic E-state index is 13.7. The van der Waals surface area contributed by atoms with Gasteiger partial charge < -0.3 is 10.0 Å². The molecule has 2 rings (SSSR count). The number of carbonyl (C=O) groups is 1. The second-order valence-electron chi connectivity index (χ2n) is 10.6. The predicted octanol–water partition coefficient (Wildman–Crippen LogP) is 8.04. The van der Waals surface area contributed by atoms with E-state index in [-0.39, 0.29) is 35.1 Å². The van der Waals surface area contributed by atoms with E-state index < -0.39 is 5.56 Å². The van der Waals surface area contributed by atoms with Crippen LogP contribution >= 0.6 is 0 Å². The number of benzene rings is 1. The molecule has 0 aliphatic carbocycles. The summed E-state index contributed by atoms with van der Waals surface area (Å²) in [6, 6.07) is 8.89. The van der Waals surface area contributed by atoms with Gasteiger partial charge in [0.25, 0.3) is 11.5 Å². The third-order valence-corrected chi connectivity index (χ3v) is 7.80. The average Bonchev–Trinajstić information content (AvgIpc) is 2.96. The Kier molecular flexibility index (Phi) is 13.6. The summed E-state index contributed by atoms with van der Waals surface area (Å²) in [6.07, 6.45) is 9.04. The number of aromatic hydroxyl groups is 1. The molecule has 0 radical (unpaired) electrons. The first kappa shape index (κ1) is 32.7. The lowest BCUT2D eigenvalue weighted by atomic mass is 9.95. The molecule has 8 nitrogen and oxygen atoms in total. The van der Waals surface area contributed by atoms with Gasteiger partial charge in [-0.1, -0.05) is 66.2 Å². The van der Waals surface area contributed by atoms with Crippen LogP contribution in [0, 0.1) is 30.1 Å². The minimum Gasteiger partial charge on any atom is -0.493 e. The molecule has 40 heavy (non-hydrogen) atoms.